The SMILES string of the molecule is [N-]=[N+]=NCCC[C@H](N)C(=O)OCc1cc(Cl)nc(Cl)c1. The van der Waals surface area contributed by atoms with Crippen LogP contribution in [-0.2, 0) is 16.1 Å². The topological polar surface area (TPSA) is 114 Å². The van der Waals surface area contributed by atoms with Gasteiger partial charge in [0.15, 0.2) is 0 Å². The van der Waals surface area contributed by atoms with Crippen LogP contribution in [0.4, 0.5) is 0 Å². The Balaban J connectivity index is 2.40. The zero-order valence-corrected chi connectivity index (χ0v) is 12.0. The maximum absolute atomic E-state index is 11.6. The van der Waals surface area contributed by atoms with Crippen LogP contribution in [0.25, 0.3) is 10.4 Å². The lowest BCUT2D eigenvalue weighted by Crippen LogP contribution is -2.32. The molecule has 0 fully saturated rings. The lowest BCUT2D eigenvalue weighted by Gasteiger charge is -2.11. The van der Waals surface area contributed by atoms with E-state index < -0.39 is 12.0 Å². The number of hydrogen-bond donors (Lipinski definition) is 1. The number of pyridine rings is 1. The molecular formula is C11H13Cl2N5O2. The van der Waals surface area contributed by atoms with Crippen LogP contribution >= 0.6 is 23.2 Å². The molecular weight excluding hydrogens is 305 g/mol. The molecule has 0 aliphatic carbocycles. The van der Waals surface area contributed by atoms with E-state index >= 15 is 0 Å². The van der Waals surface area contributed by atoms with Crippen molar-refractivity contribution in [3.05, 3.63) is 38.4 Å². The van der Waals surface area contributed by atoms with Crippen molar-refractivity contribution in [1.82, 2.24) is 4.98 Å². The second-order valence-electron chi connectivity index (χ2n) is 3.93. The van der Waals surface area contributed by atoms with E-state index in [1.165, 1.54) is 0 Å². The maximum Gasteiger partial charge on any atom is 0.323 e. The van der Waals surface area contributed by atoms with Gasteiger partial charge in [-0.2, -0.15) is 0 Å². The van der Waals surface area contributed by atoms with Gasteiger partial charge in [0.05, 0.1) is 0 Å². The van der Waals surface area contributed by atoms with Crippen molar-refractivity contribution >= 4 is 29.2 Å². The molecule has 0 saturated heterocycles. The second kappa shape index (κ2) is 8.60. The molecule has 0 spiro atoms. The van der Waals surface area contributed by atoms with Crippen LogP contribution in [0.1, 0.15) is 18.4 Å². The van der Waals surface area contributed by atoms with E-state index in [-0.39, 0.29) is 16.9 Å². The Morgan fingerprint density at radius 2 is 2.15 bits per heavy atom. The first kappa shape index (κ1) is 16.5. The van der Waals surface area contributed by atoms with Gasteiger partial charge in [-0.1, -0.05) is 28.3 Å². The van der Waals surface area contributed by atoms with Crippen molar-refractivity contribution in [2.24, 2.45) is 10.8 Å². The van der Waals surface area contributed by atoms with Gasteiger partial charge in [0.25, 0.3) is 0 Å². The number of ether oxygens (including phenoxy) is 1. The van der Waals surface area contributed by atoms with E-state index in [9.17, 15) is 4.79 Å². The monoisotopic (exact) mass is 317 g/mol. The Morgan fingerprint density at radius 3 is 2.75 bits per heavy atom. The van der Waals surface area contributed by atoms with Crippen LogP contribution in [0.2, 0.25) is 10.3 Å². The summed E-state index contributed by atoms with van der Waals surface area (Å²) in [6, 6.07) is 2.35. The highest BCUT2D eigenvalue weighted by Gasteiger charge is 2.14. The van der Waals surface area contributed by atoms with Crippen LogP contribution in [0.15, 0.2) is 17.2 Å². The Labute approximate surface area is 125 Å². The van der Waals surface area contributed by atoms with Gasteiger partial charge >= 0.3 is 5.97 Å². The largest absolute Gasteiger partial charge is 0.460 e. The number of hydrogen-bond acceptors (Lipinski definition) is 5. The predicted molar refractivity (Wildman–Crippen MR) is 75.3 cm³/mol. The van der Waals surface area contributed by atoms with E-state index in [1.54, 1.807) is 12.1 Å². The van der Waals surface area contributed by atoms with Crippen molar-refractivity contribution in [3.63, 3.8) is 0 Å². The molecule has 1 aromatic rings. The third-order valence-electron chi connectivity index (χ3n) is 2.34. The predicted octanol–water partition coefficient (Wildman–Crippen LogP) is 2.85. The van der Waals surface area contributed by atoms with Gasteiger partial charge in [0, 0.05) is 11.5 Å². The first-order valence-electron chi connectivity index (χ1n) is 5.78. The summed E-state index contributed by atoms with van der Waals surface area (Å²) >= 11 is 11.5. The molecule has 7 nitrogen and oxygen atoms in total. The average Bonchev–Trinajstić information content (AvgIpc) is 2.39. The fourth-order valence-electron chi connectivity index (χ4n) is 1.40. The van der Waals surface area contributed by atoms with Crippen LogP contribution in [0, 0.1) is 0 Å². The normalized spacial score (nSPS) is 11.6. The molecule has 108 valence electrons. The first-order chi connectivity index (χ1) is 9.52. The van der Waals surface area contributed by atoms with E-state index in [1.807, 2.05) is 0 Å². The average molecular weight is 318 g/mol. The third kappa shape index (κ3) is 6.08. The number of rotatable bonds is 7. The zero-order valence-electron chi connectivity index (χ0n) is 10.5. The summed E-state index contributed by atoms with van der Waals surface area (Å²) in [7, 11) is 0. The number of carbonyl (C=O) groups excluding carboxylic acids is 1. The molecule has 1 rings (SSSR count). The number of halogens is 2. The summed E-state index contributed by atoms with van der Waals surface area (Å²) in [6.45, 7) is 0.317. The summed E-state index contributed by atoms with van der Waals surface area (Å²) in [5.41, 5.74) is 14.4. The Morgan fingerprint density at radius 1 is 1.50 bits per heavy atom. The second-order valence-corrected chi connectivity index (χ2v) is 4.71. The van der Waals surface area contributed by atoms with Crippen molar-refractivity contribution in [3.8, 4) is 0 Å². The highest BCUT2D eigenvalue weighted by Crippen LogP contribution is 2.15. The number of azide groups is 1. The number of nitrogens with zero attached hydrogens (tertiary/aromatic N) is 4. The van der Waals surface area contributed by atoms with Gasteiger partial charge in [0.2, 0.25) is 0 Å². The summed E-state index contributed by atoms with van der Waals surface area (Å²) in [5.74, 6) is -0.532. The van der Waals surface area contributed by atoms with Gasteiger partial charge in [-0.15, -0.1) is 0 Å². The van der Waals surface area contributed by atoms with E-state index in [0.29, 0.717) is 24.9 Å². The van der Waals surface area contributed by atoms with E-state index in [2.05, 4.69) is 15.0 Å². The van der Waals surface area contributed by atoms with E-state index in [0.717, 1.165) is 0 Å². The zero-order chi connectivity index (χ0) is 15.0. The summed E-state index contributed by atoms with van der Waals surface area (Å²) < 4.78 is 5.04. The van der Waals surface area contributed by atoms with Gasteiger partial charge in [0.1, 0.15) is 23.0 Å². The molecule has 0 radical (unpaired) electrons. The quantitative estimate of drug-likeness (QED) is 0.208. The molecule has 0 aromatic carbocycles. The summed E-state index contributed by atoms with van der Waals surface area (Å²) in [5, 5.41) is 3.80. The Kier molecular flexibility index (Phi) is 7.11. The smallest absolute Gasteiger partial charge is 0.323 e. The molecule has 1 heterocycles. The van der Waals surface area contributed by atoms with Gasteiger partial charge in [-0.05, 0) is 36.1 Å². The van der Waals surface area contributed by atoms with Crippen LogP contribution in [0.3, 0.4) is 0 Å². The molecule has 2 N–H and O–H groups in total. The molecule has 0 bridgehead atoms. The number of esters is 1. The highest BCUT2D eigenvalue weighted by molar-refractivity contribution is 6.32. The lowest BCUT2D eigenvalue weighted by atomic mass is 10.2. The third-order valence-corrected chi connectivity index (χ3v) is 2.73. The number of aromatic nitrogens is 1. The van der Waals surface area contributed by atoms with Gasteiger partial charge < -0.3 is 10.5 Å². The van der Waals surface area contributed by atoms with Crippen molar-refractivity contribution < 1.29 is 9.53 Å². The molecule has 1 atom stereocenters. The minimum Gasteiger partial charge on any atom is -0.460 e. The fraction of sp³-hybridized carbons (Fsp3) is 0.455. The molecule has 0 saturated carbocycles. The molecule has 1 aromatic heterocycles. The van der Waals surface area contributed by atoms with Crippen molar-refractivity contribution in [2.45, 2.75) is 25.5 Å². The van der Waals surface area contributed by atoms with Crippen LogP contribution in [-0.4, -0.2) is 23.5 Å². The minimum absolute atomic E-state index is 0.0187. The number of nitrogens with two attached hydrogens (primary N) is 1. The highest BCUT2D eigenvalue weighted by atomic mass is 35.5. The Hall–Kier alpha value is -1.53. The van der Waals surface area contributed by atoms with Crippen molar-refractivity contribution in [1.29, 1.82) is 0 Å². The molecule has 0 aliphatic heterocycles. The van der Waals surface area contributed by atoms with E-state index in [4.69, 9.17) is 39.2 Å². The standard InChI is InChI=1S/C11H13Cl2N5O2/c12-9-4-7(5-10(13)17-9)6-20-11(19)8(14)2-1-3-16-18-15/h4-5,8H,1-3,6,14H2/t8-/m0/s1. The fourth-order valence-corrected chi connectivity index (χ4v) is 1.91. The molecule has 0 amide bonds. The molecule has 0 unspecified atom stereocenters. The first-order valence-corrected chi connectivity index (χ1v) is 6.53. The van der Waals surface area contributed by atoms with Crippen molar-refractivity contribution in [2.75, 3.05) is 6.54 Å². The van der Waals surface area contributed by atoms with Gasteiger partial charge in [-0.3, -0.25) is 4.79 Å². The maximum atomic E-state index is 11.6. The summed E-state index contributed by atoms with van der Waals surface area (Å²) in [4.78, 5) is 18.0. The van der Waals surface area contributed by atoms with Crippen LogP contribution in [0.5, 0.6) is 0 Å². The molecule has 20 heavy (non-hydrogen) atoms. The Bertz CT molecular complexity index is 499. The van der Waals surface area contributed by atoms with Crippen LogP contribution < -0.4 is 5.73 Å². The molecule has 9 heteroatoms. The molecule has 0 aliphatic rings. The number of carbonyl (C=O) groups is 1. The lowest BCUT2D eigenvalue weighted by molar-refractivity contribution is -0.146. The minimum atomic E-state index is -0.753. The van der Waals surface area contributed by atoms with Gasteiger partial charge in [-0.25, -0.2) is 4.98 Å². The summed E-state index contributed by atoms with van der Waals surface area (Å²) in [6.07, 6.45) is 0.906.